The van der Waals surface area contributed by atoms with Gasteiger partial charge in [0.2, 0.25) is 0 Å². The van der Waals surface area contributed by atoms with Gasteiger partial charge in [-0.05, 0) is 38.8 Å². The average Bonchev–Trinajstić information content (AvgIpc) is 2.43. The van der Waals surface area contributed by atoms with E-state index in [-0.39, 0.29) is 23.7 Å². The second kappa shape index (κ2) is 7.61. The maximum absolute atomic E-state index is 11.9. The Hall–Kier alpha value is -2.11. The second-order valence-corrected chi connectivity index (χ2v) is 5.27. The first-order valence-electron chi connectivity index (χ1n) is 7.24. The molecule has 6 heteroatoms. The summed E-state index contributed by atoms with van der Waals surface area (Å²) < 4.78 is 0. The van der Waals surface area contributed by atoms with Crippen molar-refractivity contribution in [3.63, 3.8) is 0 Å². The maximum atomic E-state index is 11.9. The first kappa shape index (κ1) is 16.9. The Morgan fingerprint density at radius 1 is 1.29 bits per heavy atom. The summed E-state index contributed by atoms with van der Waals surface area (Å²) in [6, 6.07) is 4.70. The molecule has 0 aliphatic heterocycles. The molecular formula is C15H23N3O3. The van der Waals surface area contributed by atoms with Crippen LogP contribution in [0.15, 0.2) is 18.2 Å². The van der Waals surface area contributed by atoms with Crippen LogP contribution in [0.2, 0.25) is 0 Å². The quantitative estimate of drug-likeness (QED) is 0.596. The Morgan fingerprint density at radius 2 is 1.90 bits per heavy atom. The molecule has 6 nitrogen and oxygen atoms in total. The Balaban J connectivity index is 3.07. The number of carbonyl (C=O) groups excluding carboxylic acids is 1. The van der Waals surface area contributed by atoms with E-state index < -0.39 is 4.92 Å². The van der Waals surface area contributed by atoms with Gasteiger partial charge in [0.25, 0.3) is 11.6 Å². The number of rotatable bonds is 7. The summed E-state index contributed by atoms with van der Waals surface area (Å²) >= 11 is 0. The highest BCUT2D eigenvalue weighted by Gasteiger charge is 2.19. The van der Waals surface area contributed by atoms with Crippen molar-refractivity contribution in [3.8, 4) is 0 Å². The van der Waals surface area contributed by atoms with Crippen molar-refractivity contribution < 1.29 is 9.72 Å². The van der Waals surface area contributed by atoms with Crippen LogP contribution in [-0.2, 0) is 0 Å². The number of carbonyl (C=O) groups is 1. The maximum Gasteiger partial charge on any atom is 0.293 e. The van der Waals surface area contributed by atoms with Gasteiger partial charge >= 0.3 is 0 Å². The molecule has 0 radical (unpaired) electrons. The summed E-state index contributed by atoms with van der Waals surface area (Å²) in [5.74, 6) is -0.304. The lowest BCUT2D eigenvalue weighted by Crippen LogP contribution is -2.30. The SMILES string of the molecule is CCC(CC)Nc1ccc(C(=O)NC(C)C)cc1[N+](=O)[O-]. The van der Waals surface area contributed by atoms with Crippen molar-refractivity contribution in [2.75, 3.05) is 5.32 Å². The van der Waals surface area contributed by atoms with Crippen LogP contribution in [0.5, 0.6) is 0 Å². The third-order valence-electron chi connectivity index (χ3n) is 3.22. The van der Waals surface area contributed by atoms with E-state index in [0.717, 1.165) is 12.8 Å². The molecule has 0 aromatic heterocycles. The van der Waals surface area contributed by atoms with Gasteiger partial charge in [0.1, 0.15) is 5.69 Å². The largest absolute Gasteiger partial charge is 0.377 e. The van der Waals surface area contributed by atoms with Crippen molar-refractivity contribution in [2.24, 2.45) is 0 Å². The van der Waals surface area contributed by atoms with Crippen LogP contribution in [0.3, 0.4) is 0 Å². The molecule has 0 bridgehead atoms. The molecule has 1 aromatic rings. The topological polar surface area (TPSA) is 84.3 Å². The second-order valence-electron chi connectivity index (χ2n) is 5.27. The molecule has 2 N–H and O–H groups in total. The van der Waals surface area contributed by atoms with Gasteiger partial charge in [0.15, 0.2) is 0 Å². The van der Waals surface area contributed by atoms with Crippen LogP contribution >= 0.6 is 0 Å². The number of nitrogens with zero attached hydrogens (tertiary/aromatic N) is 1. The normalized spacial score (nSPS) is 10.8. The van der Waals surface area contributed by atoms with E-state index in [1.165, 1.54) is 6.07 Å². The minimum Gasteiger partial charge on any atom is -0.377 e. The number of anilines is 1. The van der Waals surface area contributed by atoms with Gasteiger partial charge in [-0.1, -0.05) is 13.8 Å². The first-order valence-corrected chi connectivity index (χ1v) is 7.24. The Bertz CT molecular complexity index is 511. The van der Waals surface area contributed by atoms with Crippen molar-refractivity contribution in [3.05, 3.63) is 33.9 Å². The van der Waals surface area contributed by atoms with E-state index in [1.54, 1.807) is 12.1 Å². The van der Waals surface area contributed by atoms with Gasteiger partial charge in [-0.2, -0.15) is 0 Å². The molecule has 1 aromatic carbocycles. The average molecular weight is 293 g/mol. The predicted octanol–water partition coefficient (Wildman–Crippen LogP) is 3.33. The van der Waals surface area contributed by atoms with Crippen LogP contribution < -0.4 is 10.6 Å². The number of hydrogen-bond acceptors (Lipinski definition) is 4. The lowest BCUT2D eigenvalue weighted by molar-refractivity contribution is -0.384. The van der Waals surface area contributed by atoms with Crippen molar-refractivity contribution in [2.45, 2.75) is 52.6 Å². The van der Waals surface area contributed by atoms with Crippen molar-refractivity contribution >= 4 is 17.3 Å². The molecule has 116 valence electrons. The summed E-state index contributed by atoms with van der Waals surface area (Å²) in [5.41, 5.74) is 0.679. The molecule has 0 aliphatic carbocycles. The van der Waals surface area contributed by atoms with E-state index in [9.17, 15) is 14.9 Å². The van der Waals surface area contributed by atoms with Crippen molar-refractivity contribution in [1.82, 2.24) is 5.32 Å². The summed E-state index contributed by atoms with van der Waals surface area (Å²) in [5, 5.41) is 17.1. The number of nitro groups is 1. The molecule has 0 aliphatic rings. The highest BCUT2D eigenvalue weighted by molar-refractivity contribution is 5.95. The van der Waals surface area contributed by atoms with E-state index in [0.29, 0.717) is 11.3 Å². The molecule has 0 unspecified atom stereocenters. The minimum absolute atomic E-state index is 0.0149. The summed E-state index contributed by atoms with van der Waals surface area (Å²) in [6.45, 7) is 7.74. The lowest BCUT2D eigenvalue weighted by atomic mass is 10.1. The van der Waals surface area contributed by atoms with E-state index in [4.69, 9.17) is 0 Å². The summed E-state index contributed by atoms with van der Waals surface area (Å²) in [4.78, 5) is 22.7. The molecule has 0 spiro atoms. The van der Waals surface area contributed by atoms with Gasteiger partial charge in [-0.3, -0.25) is 14.9 Å². The number of hydrogen-bond donors (Lipinski definition) is 2. The van der Waals surface area contributed by atoms with E-state index >= 15 is 0 Å². The zero-order valence-electron chi connectivity index (χ0n) is 13.0. The zero-order chi connectivity index (χ0) is 16.0. The smallest absolute Gasteiger partial charge is 0.293 e. The standard InChI is InChI=1S/C15H23N3O3/c1-5-12(6-2)17-13-8-7-11(9-14(13)18(20)21)15(19)16-10(3)4/h7-10,12,17H,5-6H2,1-4H3,(H,16,19). The molecule has 21 heavy (non-hydrogen) atoms. The van der Waals surface area contributed by atoms with Gasteiger partial charge in [-0.15, -0.1) is 0 Å². The Labute approximate surface area is 125 Å². The molecule has 0 saturated carbocycles. The third kappa shape index (κ3) is 4.73. The van der Waals surface area contributed by atoms with E-state index in [1.807, 2.05) is 27.7 Å². The van der Waals surface area contributed by atoms with Crippen LogP contribution in [-0.4, -0.2) is 22.9 Å². The third-order valence-corrected chi connectivity index (χ3v) is 3.22. The molecular weight excluding hydrogens is 270 g/mol. The molecule has 0 saturated heterocycles. The van der Waals surface area contributed by atoms with Gasteiger partial charge < -0.3 is 10.6 Å². The zero-order valence-corrected chi connectivity index (χ0v) is 13.0. The number of nitro benzene ring substituents is 1. The molecule has 1 amide bonds. The highest BCUT2D eigenvalue weighted by Crippen LogP contribution is 2.27. The molecule has 0 fully saturated rings. The Morgan fingerprint density at radius 3 is 2.38 bits per heavy atom. The summed E-state index contributed by atoms with van der Waals surface area (Å²) in [6.07, 6.45) is 1.76. The molecule has 0 heterocycles. The van der Waals surface area contributed by atoms with Gasteiger partial charge in [0, 0.05) is 23.7 Å². The van der Waals surface area contributed by atoms with Crippen LogP contribution in [0.25, 0.3) is 0 Å². The minimum atomic E-state index is -0.461. The molecule has 1 rings (SSSR count). The van der Waals surface area contributed by atoms with Crippen LogP contribution in [0.4, 0.5) is 11.4 Å². The fourth-order valence-corrected chi connectivity index (χ4v) is 2.00. The van der Waals surface area contributed by atoms with Gasteiger partial charge in [0.05, 0.1) is 4.92 Å². The van der Waals surface area contributed by atoms with Crippen LogP contribution in [0.1, 0.15) is 50.9 Å². The fourth-order valence-electron chi connectivity index (χ4n) is 2.00. The monoisotopic (exact) mass is 293 g/mol. The fraction of sp³-hybridized carbons (Fsp3) is 0.533. The Kier molecular flexibility index (Phi) is 6.14. The summed E-state index contributed by atoms with van der Waals surface area (Å²) in [7, 11) is 0. The molecule has 0 atom stereocenters. The van der Waals surface area contributed by atoms with Gasteiger partial charge in [-0.25, -0.2) is 0 Å². The lowest BCUT2D eigenvalue weighted by Gasteiger charge is -2.16. The predicted molar refractivity (Wildman–Crippen MR) is 83.7 cm³/mol. The first-order chi connectivity index (χ1) is 9.88. The number of nitrogens with one attached hydrogen (secondary N) is 2. The number of amides is 1. The van der Waals surface area contributed by atoms with E-state index in [2.05, 4.69) is 10.6 Å². The van der Waals surface area contributed by atoms with Crippen molar-refractivity contribution in [1.29, 1.82) is 0 Å². The van der Waals surface area contributed by atoms with Crippen LogP contribution in [0, 0.1) is 10.1 Å². The number of benzene rings is 1. The highest BCUT2D eigenvalue weighted by atomic mass is 16.6.